The van der Waals surface area contributed by atoms with Gasteiger partial charge in [0.15, 0.2) is 22.7 Å². The van der Waals surface area contributed by atoms with Gasteiger partial charge >= 0.3 is 0 Å². The third-order valence-electron chi connectivity index (χ3n) is 5.24. The molecule has 3 aromatic rings. The van der Waals surface area contributed by atoms with Gasteiger partial charge in [-0.1, -0.05) is 0 Å². The van der Waals surface area contributed by atoms with Crippen molar-refractivity contribution in [1.29, 1.82) is 0 Å². The molecule has 30 heavy (non-hydrogen) atoms. The zero-order valence-corrected chi connectivity index (χ0v) is 15.1. The van der Waals surface area contributed by atoms with Crippen molar-refractivity contribution in [3.8, 4) is 23.0 Å². The van der Waals surface area contributed by atoms with Crippen LogP contribution in [0.5, 0.6) is 23.0 Å². The average molecular weight is 422 g/mol. The van der Waals surface area contributed by atoms with Gasteiger partial charge in [-0.2, -0.15) is 0 Å². The quantitative estimate of drug-likeness (QED) is 0.191. The molecule has 1 aromatic heterocycles. The van der Waals surface area contributed by atoms with Gasteiger partial charge in [-0.3, -0.25) is 4.79 Å². The molecule has 0 saturated carbocycles. The van der Waals surface area contributed by atoms with Crippen LogP contribution in [0.4, 0.5) is 0 Å². The van der Waals surface area contributed by atoms with Gasteiger partial charge in [0, 0.05) is 0 Å². The summed E-state index contributed by atoms with van der Waals surface area (Å²) in [5.74, 6) is -2.54. The lowest BCUT2D eigenvalue weighted by Crippen LogP contribution is -2.55. The van der Waals surface area contributed by atoms with Crippen LogP contribution in [0.2, 0.25) is 0 Å². The monoisotopic (exact) mass is 422 g/mol. The van der Waals surface area contributed by atoms with Gasteiger partial charge in [0.05, 0.1) is 17.6 Å². The Morgan fingerprint density at radius 3 is 2.20 bits per heavy atom. The van der Waals surface area contributed by atoms with Gasteiger partial charge in [-0.15, -0.1) is 0 Å². The second-order valence-electron chi connectivity index (χ2n) is 7.02. The number of aromatic hydroxyl groups is 4. The highest BCUT2D eigenvalue weighted by Crippen LogP contribution is 2.45. The first-order valence-corrected chi connectivity index (χ1v) is 8.84. The predicted molar refractivity (Wildman–Crippen MR) is 99.4 cm³/mol. The average Bonchev–Trinajstić information content (AvgIpc) is 2.71. The number of hydrogen-bond acceptors (Lipinski definition) is 11. The van der Waals surface area contributed by atoms with E-state index in [4.69, 9.17) is 9.15 Å². The van der Waals surface area contributed by atoms with E-state index >= 15 is 0 Å². The van der Waals surface area contributed by atoms with Crippen LogP contribution in [0, 0.1) is 0 Å². The number of hydrogen-bond donors (Lipinski definition) is 8. The molecule has 1 saturated heterocycles. The normalized spacial score (nSPS) is 27.0. The molecule has 11 heteroatoms. The predicted octanol–water partition coefficient (Wildman–Crippen LogP) is -0.717. The zero-order valence-electron chi connectivity index (χ0n) is 15.1. The Labute approximate surface area is 166 Å². The molecule has 2 heterocycles. The fourth-order valence-corrected chi connectivity index (χ4v) is 3.66. The number of aliphatic hydroxyl groups excluding tert-OH is 4. The molecular formula is C19H18O11. The van der Waals surface area contributed by atoms with Crippen molar-refractivity contribution >= 4 is 21.9 Å². The van der Waals surface area contributed by atoms with Crippen molar-refractivity contribution in [2.24, 2.45) is 0 Å². The highest BCUT2D eigenvalue weighted by atomic mass is 16.5. The van der Waals surface area contributed by atoms with Crippen LogP contribution in [0.3, 0.4) is 0 Å². The van der Waals surface area contributed by atoms with Crippen molar-refractivity contribution in [2.75, 3.05) is 6.61 Å². The number of aliphatic hydroxyl groups is 4. The summed E-state index contributed by atoms with van der Waals surface area (Å²) in [4.78, 5) is 12.8. The Morgan fingerprint density at radius 2 is 1.53 bits per heavy atom. The molecule has 0 spiro atoms. The van der Waals surface area contributed by atoms with Gasteiger partial charge < -0.3 is 50.0 Å². The molecule has 4 rings (SSSR count). The second kappa shape index (κ2) is 7.00. The molecule has 11 nitrogen and oxygen atoms in total. The lowest BCUT2D eigenvalue weighted by molar-refractivity contribution is -0.232. The summed E-state index contributed by atoms with van der Waals surface area (Å²) in [6.07, 6.45) is -8.18. The summed E-state index contributed by atoms with van der Waals surface area (Å²) in [6.45, 7) is -0.733. The lowest BCUT2D eigenvalue weighted by Gasteiger charge is -2.40. The fraction of sp³-hybridized carbons (Fsp3) is 0.316. The summed E-state index contributed by atoms with van der Waals surface area (Å²) < 4.78 is 10.8. The van der Waals surface area contributed by atoms with E-state index in [9.17, 15) is 45.6 Å². The van der Waals surface area contributed by atoms with E-state index in [1.54, 1.807) is 0 Å². The van der Waals surface area contributed by atoms with Crippen molar-refractivity contribution < 1.29 is 50.0 Å². The summed E-state index contributed by atoms with van der Waals surface area (Å²) in [5.41, 5.74) is -2.24. The number of phenolic OH excluding ortho intramolecular Hbond substituents is 4. The largest absolute Gasteiger partial charge is 0.507 e. The molecule has 2 aromatic carbocycles. The minimum Gasteiger partial charge on any atom is -0.507 e. The summed E-state index contributed by atoms with van der Waals surface area (Å²) >= 11 is 0. The molecule has 0 radical (unpaired) electrons. The van der Waals surface area contributed by atoms with Crippen molar-refractivity contribution in [1.82, 2.24) is 0 Å². The van der Waals surface area contributed by atoms with Crippen molar-refractivity contribution in [2.45, 2.75) is 30.5 Å². The maximum Gasteiger partial charge on any atom is 0.204 e. The zero-order chi connectivity index (χ0) is 21.9. The molecule has 8 N–H and O–H groups in total. The van der Waals surface area contributed by atoms with E-state index in [1.807, 2.05) is 0 Å². The van der Waals surface area contributed by atoms with E-state index in [0.717, 1.165) is 18.2 Å². The van der Waals surface area contributed by atoms with E-state index in [2.05, 4.69) is 0 Å². The van der Waals surface area contributed by atoms with Gasteiger partial charge in [-0.05, 0) is 18.2 Å². The molecule has 5 atom stereocenters. The highest BCUT2D eigenvalue weighted by molar-refractivity contribution is 5.98. The number of ether oxygens (including phenoxy) is 1. The number of benzene rings is 2. The molecule has 0 amide bonds. The van der Waals surface area contributed by atoms with Crippen LogP contribution in [0.1, 0.15) is 11.7 Å². The van der Waals surface area contributed by atoms with Gasteiger partial charge in [0.25, 0.3) is 0 Å². The number of rotatable bonds is 2. The second-order valence-corrected chi connectivity index (χ2v) is 7.02. The van der Waals surface area contributed by atoms with E-state index in [0.29, 0.717) is 0 Å². The Morgan fingerprint density at radius 1 is 0.867 bits per heavy atom. The first-order valence-electron chi connectivity index (χ1n) is 8.84. The molecule has 0 aliphatic carbocycles. The first kappa shape index (κ1) is 20.2. The van der Waals surface area contributed by atoms with E-state index in [-0.39, 0.29) is 10.8 Å². The summed E-state index contributed by atoms with van der Waals surface area (Å²) in [7, 11) is 0. The first-order chi connectivity index (χ1) is 14.2. The Balaban J connectivity index is 2.00. The molecular weight excluding hydrogens is 404 g/mol. The third kappa shape index (κ3) is 2.75. The van der Waals surface area contributed by atoms with Crippen LogP contribution in [-0.2, 0) is 4.74 Å². The maximum absolute atomic E-state index is 12.8. The van der Waals surface area contributed by atoms with Gasteiger partial charge in [0.2, 0.25) is 5.43 Å². The van der Waals surface area contributed by atoms with Crippen LogP contribution >= 0.6 is 0 Å². The van der Waals surface area contributed by atoms with Gasteiger partial charge in [0.1, 0.15) is 47.4 Å². The number of phenols is 4. The van der Waals surface area contributed by atoms with Crippen molar-refractivity contribution in [3.05, 3.63) is 34.0 Å². The molecule has 1 aliphatic heterocycles. The molecule has 1 aliphatic rings. The summed E-state index contributed by atoms with van der Waals surface area (Å²) in [5, 5.41) is 79.9. The standard InChI is InChI=1S/C19H18O11/c20-4-9-13(25)15(27)16(28)19(29-9)11-8(23)3-5-12(24)10-6(21)1-2-7(22)18(10)30-17(5)14(11)26/h1-3,9,13,15-16,19-23,25-28H,4H2/t9-,13-,15+,16-,19+/m1/s1. The molecule has 160 valence electrons. The van der Waals surface area contributed by atoms with Crippen LogP contribution in [0.25, 0.3) is 21.9 Å². The van der Waals surface area contributed by atoms with Gasteiger partial charge in [-0.25, -0.2) is 0 Å². The van der Waals surface area contributed by atoms with Crippen LogP contribution in [-0.4, -0.2) is 71.9 Å². The molecule has 0 unspecified atom stereocenters. The smallest absolute Gasteiger partial charge is 0.204 e. The Hall–Kier alpha value is -3.09. The maximum atomic E-state index is 12.8. The highest BCUT2D eigenvalue weighted by Gasteiger charge is 2.46. The fourth-order valence-electron chi connectivity index (χ4n) is 3.66. The topological polar surface area (TPSA) is 201 Å². The Kier molecular flexibility index (Phi) is 4.71. The van der Waals surface area contributed by atoms with Crippen LogP contribution in [0.15, 0.2) is 27.4 Å². The third-order valence-corrected chi connectivity index (χ3v) is 5.24. The van der Waals surface area contributed by atoms with Crippen molar-refractivity contribution in [3.63, 3.8) is 0 Å². The minimum absolute atomic E-state index is 0.341. The molecule has 1 fully saturated rings. The van der Waals surface area contributed by atoms with E-state index in [1.165, 1.54) is 0 Å². The Bertz CT molecular complexity index is 1200. The number of fused-ring (bicyclic) bond motifs is 2. The lowest BCUT2D eigenvalue weighted by atomic mass is 9.90. The van der Waals surface area contributed by atoms with Crippen LogP contribution < -0.4 is 5.43 Å². The van der Waals surface area contributed by atoms with E-state index < -0.39 is 82.3 Å². The summed E-state index contributed by atoms with van der Waals surface area (Å²) in [6, 6.07) is 3.05. The minimum atomic E-state index is -1.82. The SMILES string of the molecule is O=c1c2cc(O)c([C@@H]3O[C@H](CO)[C@@H](O)[C@H](O)[C@H]3O)c(O)c2oc2c(O)ccc(O)c12. The molecule has 0 bridgehead atoms.